The lowest BCUT2D eigenvalue weighted by Crippen LogP contribution is -2.53. The van der Waals surface area contributed by atoms with Crippen molar-refractivity contribution in [3.05, 3.63) is 0 Å². The van der Waals surface area contributed by atoms with Crippen molar-refractivity contribution in [2.24, 2.45) is 5.73 Å². The van der Waals surface area contributed by atoms with Crippen LogP contribution < -0.4 is 16.4 Å². The van der Waals surface area contributed by atoms with Crippen molar-refractivity contribution in [3.8, 4) is 0 Å². The molecule has 0 amide bonds. The largest absolute Gasteiger partial charge is 0.328 e. The highest BCUT2D eigenvalue weighted by atomic mass is 15.0. The van der Waals surface area contributed by atoms with Crippen molar-refractivity contribution >= 4 is 0 Å². The van der Waals surface area contributed by atoms with Crippen LogP contribution in [0.2, 0.25) is 0 Å². The number of hydrogen-bond donors (Lipinski definition) is 3. The highest BCUT2D eigenvalue weighted by molar-refractivity contribution is 4.91. The van der Waals surface area contributed by atoms with Crippen LogP contribution in [-0.4, -0.2) is 30.2 Å². The predicted molar refractivity (Wildman–Crippen MR) is 86.5 cm³/mol. The van der Waals surface area contributed by atoms with E-state index in [9.17, 15) is 0 Å². The summed E-state index contributed by atoms with van der Waals surface area (Å²) in [6, 6.07) is 0.837. The van der Waals surface area contributed by atoms with Gasteiger partial charge in [-0.25, -0.2) is 0 Å². The Bertz CT molecular complexity index is 240. The van der Waals surface area contributed by atoms with Crippen LogP contribution in [0.4, 0.5) is 0 Å². The molecule has 3 atom stereocenters. The number of hydrogen-bond acceptors (Lipinski definition) is 3. The van der Waals surface area contributed by atoms with Crippen LogP contribution in [-0.2, 0) is 0 Å². The summed E-state index contributed by atoms with van der Waals surface area (Å²) in [4.78, 5) is 0. The molecule has 0 heterocycles. The molecule has 0 spiro atoms. The van der Waals surface area contributed by atoms with Gasteiger partial charge in [-0.3, -0.25) is 0 Å². The number of nitrogens with one attached hydrogen (secondary N) is 2. The Kier molecular flexibility index (Phi) is 8.18. The molecule has 0 saturated heterocycles. The molecule has 0 aliphatic carbocycles. The van der Waals surface area contributed by atoms with Crippen LogP contribution in [0, 0.1) is 0 Å². The maximum Gasteiger partial charge on any atom is 0.0168 e. The fourth-order valence-electron chi connectivity index (χ4n) is 2.54. The van der Waals surface area contributed by atoms with Gasteiger partial charge in [-0.2, -0.15) is 0 Å². The average Bonchev–Trinajstić information content (AvgIpc) is 2.37. The van der Waals surface area contributed by atoms with E-state index in [1.54, 1.807) is 0 Å². The first-order valence-electron chi connectivity index (χ1n) is 7.94. The highest BCUT2D eigenvalue weighted by Crippen LogP contribution is 2.22. The standard InChI is InChI=1S/C16H37N3/c1-8-13(17)11-16(6,10-3)19-14(9-2)12-15(4,5)18-7/h13-14,18-19H,8-12,17H2,1-7H3. The normalized spacial score (nSPS) is 18.9. The molecule has 0 aromatic carbocycles. The van der Waals surface area contributed by atoms with Gasteiger partial charge in [0.2, 0.25) is 0 Å². The minimum atomic E-state index is 0.153. The van der Waals surface area contributed by atoms with Gasteiger partial charge in [-0.1, -0.05) is 20.8 Å². The smallest absolute Gasteiger partial charge is 0.0168 e. The van der Waals surface area contributed by atoms with Crippen LogP contribution in [0.25, 0.3) is 0 Å². The van der Waals surface area contributed by atoms with Gasteiger partial charge in [0.25, 0.3) is 0 Å². The lowest BCUT2D eigenvalue weighted by molar-refractivity contribution is 0.223. The number of rotatable bonds is 10. The molecule has 0 aromatic heterocycles. The maximum absolute atomic E-state index is 6.15. The summed E-state index contributed by atoms with van der Waals surface area (Å²) in [6.07, 6.45) is 5.52. The Hall–Kier alpha value is -0.120. The Balaban J connectivity index is 4.63. The molecular weight excluding hydrogens is 234 g/mol. The molecule has 116 valence electrons. The molecule has 0 aromatic rings. The van der Waals surface area contributed by atoms with Crippen molar-refractivity contribution in [1.82, 2.24) is 10.6 Å². The number of nitrogens with two attached hydrogens (primary N) is 1. The second kappa shape index (κ2) is 8.23. The monoisotopic (exact) mass is 271 g/mol. The fourth-order valence-corrected chi connectivity index (χ4v) is 2.54. The van der Waals surface area contributed by atoms with Gasteiger partial charge >= 0.3 is 0 Å². The molecule has 19 heavy (non-hydrogen) atoms. The third-order valence-corrected chi connectivity index (χ3v) is 4.50. The lowest BCUT2D eigenvalue weighted by atomic mass is 9.86. The van der Waals surface area contributed by atoms with E-state index >= 15 is 0 Å². The first-order chi connectivity index (χ1) is 8.71. The van der Waals surface area contributed by atoms with Gasteiger partial charge in [-0.05, 0) is 59.9 Å². The van der Waals surface area contributed by atoms with Crippen molar-refractivity contribution in [1.29, 1.82) is 0 Å². The Morgan fingerprint density at radius 1 is 1.00 bits per heavy atom. The Labute approximate surface area is 121 Å². The molecule has 3 unspecified atom stereocenters. The first-order valence-corrected chi connectivity index (χ1v) is 7.94. The zero-order valence-electron chi connectivity index (χ0n) is 14.3. The third kappa shape index (κ3) is 7.28. The van der Waals surface area contributed by atoms with Gasteiger partial charge in [0, 0.05) is 23.2 Å². The summed E-state index contributed by atoms with van der Waals surface area (Å²) in [5.41, 5.74) is 6.48. The maximum atomic E-state index is 6.15. The molecule has 0 fully saturated rings. The zero-order valence-corrected chi connectivity index (χ0v) is 14.3. The SMILES string of the molecule is CCC(N)CC(C)(CC)NC(CC)CC(C)(C)NC. The summed E-state index contributed by atoms with van der Waals surface area (Å²) in [6.45, 7) is 13.5. The first kappa shape index (κ1) is 18.9. The summed E-state index contributed by atoms with van der Waals surface area (Å²) in [5.74, 6) is 0. The van der Waals surface area contributed by atoms with Gasteiger partial charge < -0.3 is 16.4 Å². The second-order valence-electron chi connectivity index (χ2n) is 6.87. The summed E-state index contributed by atoms with van der Waals surface area (Å²) < 4.78 is 0. The van der Waals surface area contributed by atoms with Crippen molar-refractivity contribution in [2.45, 2.75) is 96.8 Å². The minimum absolute atomic E-state index is 0.153. The van der Waals surface area contributed by atoms with Crippen molar-refractivity contribution in [3.63, 3.8) is 0 Å². The predicted octanol–water partition coefficient (Wildman–Crippen LogP) is 3.04. The Morgan fingerprint density at radius 3 is 1.95 bits per heavy atom. The quantitative estimate of drug-likeness (QED) is 0.572. The minimum Gasteiger partial charge on any atom is -0.328 e. The highest BCUT2D eigenvalue weighted by Gasteiger charge is 2.29. The van der Waals surface area contributed by atoms with Gasteiger partial charge in [0.05, 0.1) is 0 Å². The molecule has 4 N–H and O–H groups in total. The molecule has 0 aliphatic heterocycles. The van der Waals surface area contributed by atoms with E-state index < -0.39 is 0 Å². The molecule has 3 nitrogen and oxygen atoms in total. The van der Waals surface area contributed by atoms with E-state index in [-0.39, 0.29) is 11.1 Å². The molecular formula is C16H37N3. The molecule has 0 aliphatic rings. The lowest BCUT2D eigenvalue weighted by Gasteiger charge is -2.39. The molecule has 0 radical (unpaired) electrons. The average molecular weight is 271 g/mol. The molecule has 3 heteroatoms. The van der Waals surface area contributed by atoms with E-state index in [0.29, 0.717) is 12.1 Å². The van der Waals surface area contributed by atoms with Crippen LogP contribution >= 0.6 is 0 Å². The Morgan fingerprint density at radius 2 is 1.58 bits per heavy atom. The summed E-state index contributed by atoms with van der Waals surface area (Å²) >= 11 is 0. The third-order valence-electron chi connectivity index (χ3n) is 4.50. The second-order valence-corrected chi connectivity index (χ2v) is 6.87. The van der Waals surface area contributed by atoms with Crippen molar-refractivity contribution in [2.75, 3.05) is 7.05 Å². The van der Waals surface area contributed by atoms with E-state index in [4.69, 9.17) is 5.73 Å². The zero-order chi connectivity index (χ0) is 15.1. The fraction of sp³-hybridized carbons (Fsp3) is 1.00. The van der Waals surface area contributed by atoms with E-state index in [0.717, 1.165) is 32.1 Å². The van der Waals surface area contributed by atoms with Crippen LogP contribution in [0.5, 0.6) is 0 Å². The summed E-state index contributed by atoms with van der Waals surface area (Å²) in [5, 5.41) is 7.26. The van der Waals surface area contributed by atoms with Gasteiger partial charge in [0.15, 0.2) is 0 Å². The van der Waals surface area contributed by atoms with E-state index in [1.807, 2.05) is 7.05 Å². The van der Waals surface area contributed by atoms with E-state index in [1.165, 1.54) is 0 Å². The summed E-state index contributed by atoms with van der Waals surface area (Å²) in [7, 11) is 2.04. The van der Waals surface area contributed by atoms with Crippen molar-refractivity contribution < 1.29 is 0 Å². The molecule has 0 rings (SSSR count). The van der Waals surface area contributed by atoms with Crippen LogP contribution in [0.3, 0.4) is 0 Å². The van der Waals surface area contributed by atoms with Crippen LogP contribution in [0.15, 0.2) is 0 Å². The van der Waals surface area contributed by atoms with Crippen LogP contribution in [0.1, 0.15) is 73.6 Å². The topological polar surface area (TPSA) is 50.1 Å². The van der Waals surface area contributed by atoms with E-state index in [2.05, 4.69) is 52.2 Å². The van der Waals surface area contributed by atoms with Gasteiger partial charge in [0.1, 0.15) is 0 Å². The molecule has 0 bridgehead atoms. The van der Waals surface area contributed by atoms with Gasteiger partial charge in [-0.15, -0.1) is 0 Å². The molecule has 0 saturated carbocycles.